The third-order valence-electron chi connectivity index (χ3n) is 2.81. The van der Waals surface area contributed by atoms with E-state index in [1.165, 1.54) is 11.3 Å². The lowest BCUT2D eigenvalue weighted by molar-refractivity contribution is 0.484. The molecule has 2 aromatic carbocycles. The van der Waals surface area contributed by atoms with E-state index >= 15 is 0 Å². The van der Waals surface area contributed by atoms with Gasteiger partial charge in [0.1, 0.15) is 0 Å². The average molecular weight is 268 g/mol. The Morgan fingerprint density at radius 1 is 1.00 bits per heavy atom. The molecule has 3 aromatic rings. The Kier molecular flexibility index (Phi) is 3.01. The highest BCUT2D eigenvalue weighted by Gasteiger charge is 2.09. The molecule has 0 aliphatic carbocycles. The average Bonchev–Trinajstić information content (AvgIpc) is 2.74. The fourth-order valence-corrected chi connectivity index (χ4v) is 2.80. The molecule has 0 fully saturated rings. The van der Waals surface area contributed by atoms with Crippen LogP contribution >= 0.6 is 11.3 Å². The number of hydrogen-bond acceptors (Lipinski definition) is 4. The lowest BCUT2D eigenvalue weighted by Gasteiger charge is -1.93. The molecule has 94 valence electrons. The van der Waals surface area contributed by atoms with Gasteiger partial charge < -0.3 is 5.11 Å². The molecule has 1 N–H and O–H groups in total. The quantitative estimate of drug-likeness (QED) is 0.627. The molecule has 0 aliphatic heterocycles. The van der Waals surface area contributed by atoms with Gasteiger partial charge in [-0.2, -0.15) is 0 Å². The Labute approximate surface area is 114 Å². The highest BCUT2D eigenvalue weighted by molar-refractivity contribution is 7.23. The van der Waals surface area contributed by atoms with Crippen LogP contribution in [0.2, 0.25) is 0 Å². The molecule has 19 heavy (non-hydrogen) atoms. The number of fused-ring (bicyclic) bond motifs is 1. The number of benzene rings is 2. The van der Waals surface area contributed by atoms with E-state index in [9.17, 15) is 5.11 Å². The zero-order valence-corrected chi connectivity index (χ0v) is 11.2. The van der Waals surface area contributed by atoms with Crippen LogP contribution < -0.4 is 0 Å². The van der Waals surface area contributed by atoms with Crippen LogP contribution in [0.15, 0.2) is 58.8 Å². The van der Waals surface area contributed by atoms with Crippen molar-refractivity contribution < 1.29 is 5.11 Å². The summed E-state index contributed by atoms with van der Waals surface area (Å²) in [6, 6.07) is 15.5. The molecule has 0 unspecified atom stereocenters. The first-order valence-electron chi connectivity index (χ1n) is 5.93. The van der Waals surface area contributed by atoms with Gasteiger partial charge in [-0.05, 0) is 36.8 Å². The topological polar surface area (TPSA) is 45.0 Å². The second kappa shape index (κ2) is 4.82. The van der Waals surface area contributed by atoms with Crippen molar-refractivity contribution in [3.63, 3.8) is 0 Å². The van der Waals surface area contributed by atoms with Gasteiger partial charge in [0.25, 0.3) is 0 Å². The van der Waals surface area contributed by atoms with E-state index in [4.69, 9.17) is 0 Å². The third kappa shape index (κ3) is 2.35. The number of nitrogens with zero attached hydrogens (tertiary/aromatic N) is 2. The van der Waals surface area contributed by atoms with Gasteiger partial charge in [0.05, 0.1) is 5.69 Å². The van der Waals surface area contributed by atoms with Crippen molar-refractivity contribution in [1.82, 2.24) is 0 Å². The fourth-order valence-electron chi connectivity index (χ4n) is 1.88. The van der Waals surface area contributed by atoms with Crippen LogP contribution in [0.5, 0.6) is 5.75 Å². The first kappa shape index (κ1) is 11.9. The Morgan fingerprint density at radius 3 is 2.63 bits per heavy atom. The normalized spacial score (nSPS) is 11.4. The summed E-state index contributed by atoms with van der Waals surface area (Å²) < 4.78 is 1.01. The molecule has 0 bridgehead atoms. The summed E-state index contributed by atoms with van der Waals surface area (Å²) in [5.41, 5.74) is 1.92. The van der Waals surface area contributed by atoms with Crippen molar-refractivity contribution in [2.75, 3.05) is 0 Å². The summed E-state index contributed by atoms with van der Waals surface area (Å²) >= 11 is 1.44. The van der Waals surface area contributed by atoms with E-state index in [2.05, 4.69) is 10.2 Å². The van der Waals surface area contributed by atoms with Crippen LogP contribution in [0.25, 0.3) is 10.1 Å². The SMILES string of the molecule is Cc1cccc(N=Nc2sc3ccccc3c2O)c1. The zero-order valence-electron chi connectivity index (χ0n) is 10.4. The summed E-state index contributed by atoms with van der Waals surface area (Å²) in [7, 11) is 0. The van der Waals surface area contributed by atoms with E-state index < -0.39 is 0 Å². The molecule has 0 spiro atoms. The van der Waals surface area contributed by atoms with Gasteiger partial charge in [-0.3, -0.25) is 0 Å². The second-order valence-electron chi connectivity index (χ2n) is 4.29. The monoisotopic (exact) mass is 268 g/mol. The Morgan fingerprint density at radius 2 is 1.84 bits per heavy atom. The minimum absolute atomic E-state index is 0.206. The summed E-state index contributed by atoms with van der Waals surface area (Å²) in [5.74, 6) is 0.206. The van der Waals surface area contributed by atoms with Crippen molar-refractivity contribution in [2.45, 2.75) is 6.92 Å². The van der Waals surface area contributed by atoms with Gasteiger partial charge in [0.2, 0.25) is 0 Å². The van der Waals surface area contributed by atoms with Gasteiger partial charge in [0.15, 0.2) is 10.8 Å². The Balaban J connectivity index is 1.99. The molecule has 1 heterocycles. The molecule has 0 saturated carbocycles. The molecule has 1 aromatic heterocycles. The van der Waals surface area contributed by atoms with E-state index in [0.29, 0.717) is 5.00 Å². The molecule has 0 atom stereocenters. The first-order valence-corrected chi connectivity index (χ1v) is 6.74. The van der Waals surface area contributed by atoms with Gasteiger partial charge in [-0.25, -0.2) is 0 Å². The lowest BCUT2D eigenvalue weighted by Crippen LogP contribution is -1.68. The molecule has 0 aliphatic rings. The molecular weight excluding hydrogens is 256 g/mol. The zero-order chi connectivity index (χ0) is 13.2. The molecule has 3 nitrogen and oxygen atoms in total. The maximum Gasteiger partial charge on any atom is 0.181 e. The highest BCUT2D eigenvalue weighted by atomic mass is 32.1. The number of aromatic hydroxyl groups is 1. The molecule has 0 radical (unpaired) electrons. The minimum Gasteiger partial charge on any atom is -0.504 e. The predicted molar refractivity (Wildman–Crippen MR) is 78.8 cm³/mol. The lowest BCUT2D eigenvalue weighted by atomic mass is 10.2. The first-order chi connectivity index (χ1) is 9.24. The van der Waals surface area contributed by atoms with Crippen molar-refractivity contribution in [3.8, 4) is 5.75 Å². The smallest absolute Gasteiger partial charge is 0.181 e. The largest absolute Gasteiger partial charge is 0.504 e. The number of azo groups is 1. The summed E-state index contributed by atoms with van der Waals surface area (Å²) in [6.45, 7) is 2.01. The second-order valence-corrected chi connectivity index (χ2v) is 5.32. The Hall–Kier alpha value is -2.20. The third-order valence-corrected chi connectivity index (χ3v) is 3.85. The van der Waals surface area contributed by atoms with E-state index in [1.807, 2.05) is 55.5 Å². The van der Waals surface area contributed by atoms with Crippen LogP contribution in [-0.4, -0.2) is 5.11 Å². The van der Waals surface area contributed by atoms with Crippen LogP contribution in [0.4, 0.5) is 10.7 Å². The number of thiophene rings is 1. The maximum atomic E-state index is 10.1. The molecular formula is C15H12N2OS. The molecule has 0 amide bonds. The number of hydrogen-bond donors (Lipinski definition) is 1. The van der Waals surface area contributed by atoms with Crippen LogP contribution in [-0.2, 0) is 0 Å². The van der Waals surface area contributed by atoms with Gasteiger partial charge >= 0.3 is 0 Å². The summed E-state index contributed by atoms with van der Waals surface area (Å²) in [6.07, 6.45) is 0. The van der Waals surface area contributed by atoms with Crippen molar-refractivity contribution in [3.05, 3.63) is 54.1 Å². The van der Waals surface area contributed by atoms with Gasteiger partial charge in [0, 0.05) is 10.1 Å². The molecule has 0 saturated heterocycles. The van der Waals surface area contributed by atoms with Crippen molar-refractivity contribution in [2.24, 2.45) is 10.2 Å². The molecule has 4 heteroatoms. The van der Waals surface area contributed by atoms with Crippen molar-refractivity contribution in [1.29, 1.82) is 0 Å². The number of rotatable bonds is 2. The van der Waals surface area contributed by atoms with E-state index in [0.717, 1.165) is 21.3 Å². The van der Waals surface area contributed by atoms with Crippen LogP contribution in [0, 0.1) is 6.92 Å². The van der Waals surface area contributed by atoms with Gasteiger partial charge in [-0.1, -0.05) is 24.3 Å². The standard InChI is InChI=1S/C15H12N2OS/c1-10-5-4-6-11(9-10)16-17-15-14(18)12-7-2-3-8-13(12)19-15/h2-9,18H,1H3. The Bertz CT molecular complexity index is 762. The number of aryl methyl sites for hydroxylation is 1. The fraction of sp³-hybridized carbons (Fsp3) is 0.0667. The van der Waals surface area contributed by atoms with Crippen molar-refractivity contribution >= 4 is 32.1 Å². The minimum atomic E-state index is 0.206. The van der Waals surface area contributed by atoms with Crippen LogP contribution in [0.3, 0.4) is 0 Å². The van der Waals surface area contributed by atoms with E-state index in [1.54, 1.807) is 0 Å². The summed E-state index contributed by atoms with van der Waals surface area (Å²) in [5, 5.41) is 19.8. The summed E-state index contributed by atoms with van der Waals surface area (Å²) in [4.78, 5) is 0. The maximum absolute atomic E-state index is 10.1. The van der Waals surface area contributed by atoms with Gasteiger partial charge in [-0.15, -0.1) is 21.6 Å². The molecule has 3 rings (SSSR count). The van der Waals surface area contributed by atoms with E-state index in [-0.39, 0.29) is 5.75 Å². The van der Waals surface area contributed by atoms with Crippen LogP contribution in [0.1, 0.15) is 5.56 Å². The highest BCUT2D eigenvalue weighted by Crippen LogP contribution is 2.43. The predicted octanol–water partition coefficient (Wildman–Crippen LogP) is 5.33.